The molecule has 0 bridgehead atoms. The van der Waals surface area contributed by atoms with Gasteiger partial charge in [-0.25, -0.2) is 18.6 Å². The molecule has 6 nitrogen and oxygen atoms in total. The van der Waals surface area contributed by atoms with Crippen LogP contribution in [0.4, 0.5) is 13.6 Å². The molecule has 1 saturated heterocycles. The van der Waals surface area contributed by atoms with Crippen LogP contribution in [0.15, 0.2) is 12.1 Å². The Bertz CT molecular complexity index is 726. The number of hydrogen-bond donors (Lipinski definition) is 1. The molecule has 1 aromatic rings. The van der Waals surface area contributed by atoms with Crippen LogP contribution in [-0.4, -0.2) is 52.5 Å². The average molecular weight is 424 g/mol. The molecule has 0 aromatic carbocycles. The smallest absolute Gasteiger partial charge is 0.407 e. The number of nitrogens with one attached hydrogen (secondary N) is 1. The Morgan fingerprint density at radius 1 is 1.37 bits per heavy atom. The highest BCUT2D eigenvalue weighted by Gasteiger charge is 2.43. The lowest BCUT2D eigenvalue weighted by atomic mass is 9.98. The van der Waals surface area contributed by atoms with Gasteiger partial charge in [0.1, 0.15) is 16.4 Å². The van der Waals surface area contributed by atoms with Crippen molar-refractivity contribution in [2.24, 2.45) is 0 Å². The van der Waals surface area contributed by atoms with Gasteiger partial charge in [-0.3, -0.25) is 4.79 Å². The Labute approximate surface area is 166 Å². The van der Waals surface area contributed by atoms with Crippen molar-refractivity contribution in [3.63, 3.8) is 0 Å². The number of ether oxygens (including phenoxy) is 1. The van der Waals surface area contributed by atoms with Crippen LogP contribution in [0.25, 0.3) is 0 Å². The van der Waals surface area contributed by atoms with Gasteiger partial charge in [-0.2, -0.15) is 0 Å². The van der Waals surface area contributed by atoms with Gasteiger partial charge in [0.15, 0.2) is 0 Å². The number of carbonyl (C=O) groups is 2. The SMILES string of the molecule is CC(C)(C)OC(=O)NC[C@H]1CCC(F)(F)CN1C(=O)c1nc(Cl)ccc1Cl. The number of hydrogen-bond acceptors (Lipinski definition) is 4. The molecule has 27 heavy (non-hydrogen) atoms. The van der Waals surface area contributed by atoms with Gasteiger partial charge in [-0.05, 0) is 39.3 Å². The lowest BCUT2D eigenvalue weighted by Gasteiger charge is -2.39. The lowest BCUT2D eigenvalue weighted by molar-refractivity contribution is -0.0718. The average Bonchev–Trinajstić information content (AvgIpc) is 2.53. The fourth-order valence-corrected chi connectivity index (χ4v) is 2.99. The normalized spacial score (nSPS) is 19.5. The molecule has 150 valence electrons. The zero-order valence-corrected chi connectivity index (χ0v) is 16.7. The summed E-state index contributed by atoms with van der Waals surface area (Å²) in [7, 11) is 0. The van der Waals surface area contributed by atoms with E-state index in [1.807, 2.05) is 0 Å². The van der Waals surface area contributed by atoms with Crippen LogP contribution in [-0.2, 0) is 4.74 Å². The van der Waals surface area contributed by atoms with Crippen LogP contribution in [0, 0.1) is 0 Å². The maximum atomic E-state index is 13.9. The summed E-state index contributed by atoms with van der Waals surface area (Å²) in [4.78, 5) is 29.5. The summed E-state index contributed by atoms with van der Waals surface area (Å²) < 4.78 is 33.0. The van der Waals surface area contributed by atoms with Crippen LogP contribution in [0.5, 0.6) is 0 Å². The van der Waals surface area contributed by atoms with E-state index in [9.17, 15) is 18.4 Å². The lowest BCUT2D eigenvalue weighted by Crippen LogP contribution is -2.55. The topological polar surface area (TPSA) is 71.5 Å². The largest absolute Gasteiger partial charge is 0.444 e. The van der Waals surface area contributed by atoms with Gasteiger partial charge in [-0.1, -0.05) is 23.2 Å². The Morgan fingerprint density at radius 3 is 2.67 bits per heavy atom. The van der Waals surface area contributed by atoms with E-state index in [0.29, 0.717) is 0 Å². The second-order valence-corrected chi connectivity index (χ2v) is 8.12. The molecule has 2 rings (SSSR count). The molecule has 0 radical (unpaired) electrons. The first-order valence-corrected chi connectivity index (χ1v) is 9.11. The number of likely N-dealkylation sites (tertiary alicyclic amines) is 1. The van der Waals surface area contributed by atoms with E-state index in [1.165, 1.54) is 12.1 Å². The number of pyridine rings is 1. The molecule has 2 amide bonds. The van der Waals surface area contributed by atoms with Gasteiger partial charge in [-0.15, -0.1) is 0 Å². The minimum absolute atomic E-state index is 0.00667. The predicted molar refractivity (Wildman–Crippen MR) is 97.5 cm³/mol. The number of alkyl halides is 2. The highest BCUT2D eigenvalue weighted by Crippen LogP contribution is 2.32. The van der Waals surface area contributed by atoms with E-state index in [0.717, 1.165) is 4.90 Å². The van der Waals surface area contributed by atoms with E-state index in [2.05, 4.69) is 10.3 Å². The summed E-state index contributed by atoms with van der Waals surface area (Å²) in [6, 6.07) is 2.12. The second kappa shape index (κ2) is 8.14. The minimum atomic E-state index is -3.04. The van der Waals surface area contributed by atoms with Crippen LogP contribution in [0.3, 0.4) is 0 Å². The second-order valence-electron chi connectivity index (χ2n) is 7.33. The Morgan fingerprint density at radius 2 is 2.04 bits per heavy atom. The highest BCUT2D eigenvalue weighted by molar-refractivity contribution is 6.34. The molecule has 1 aliphatic rings. The quantitative estimate of drug-likeness (QED) is 0.740. The summed E-state index contributed by atoms with van der Waals surface area (Å²) in [5.41, 5.74) is -0.902. The fraction of sp³-hybridized carbons (Fsp3) is 0.588. The molecule has 1 aliphatic heterocycles. The molecule has 0 unspecified atom stereocenters. The number of alkyl carbamates (subject to hydrolysis) is 1. The van der Waals surface area contributed by atoms with Gasteiger partial charge in [0.2, 0.25) is 0 Å². The number of amides is 2. The fourth-order valence-electron chi connectivity index (χ4n) is 2.66. The van der Waals surface area contributed by atoms with Gasteiger partial charge < -0.3 is 15.0 Å². The molecule has 0 aliphatic carbocycles. The number of aromatic nitrogens is 1. The molecule has 1 aromatic heterocycles. The van der Waals surface area contributed by atoms with E-state index >= 15 is 0 Å². The van der Waals surface area contributed by atoms with Crippen molar-refractivity contribution in [2.75, 3.05) is 13.1 Å². The molecule has 1 N–H and O–H groups in total. The van der Waals surface area contributed by atoms with Crippen molar-refractivity contribution < 1.29 is 23.1 Å². The summed E-state index contributed by atoms with van der Waals surface area (Å²) in [5, 5.41) is 2.55. The summed E-state index contributed by atoms with van der Waals surface area (Å²) in [6.45, 7) is 4.29. The minimum Gasteiger partial charge on any atom is -0.444 e. The van der Waals surface area contributed by atoms with Crippen molar-refractivity contribution in [1.82, 2.24) is 15.2 Å². The molecule has 1 fully saturated rings. The highest BCUT2D eigenvalue weighted by atomic mass is 35.5. The third-order valence-corrected chi connectivity index (χ3v) is 4.36. The molecule has 0 spiro atoms. The molecular weight excluding hydrogens is 403 g/mol. The summed E-state index contributed by atoms with van der Waals surface area (Å²) in [5.74, 6) is -3.80. The van der Waals surface area contributed by atoms with Crippen molar-refractivity contribution >= 4 is 35.2 Å². The third kappa shape index (κ3) is 6.17. The summed E-state index contributed by atoms with van der Waals surface area (Å²) >= 11 is 11.8. The van der Waals surface area contributed by atoms with Gasteiger partial charge >= 0.3 is 6.09 Å². The number of piperidine rings is 1. The predicted octanol–water partition coefficient (Wildman–Crippen LogP) is 4.15. The van der Waals surface area contributed by atoms with Gasteiger partial charge in [0.25, 0.3) is 11.8 Å². The zero-order valence-electron chi connectivity index (χ0n) is 15.2. The molecular formula is C17H21Cl2F2N3O3. The van der Waals surface area contributed by atoms with Crippen LogP contribution in [0.2, 0.25) is 10.2 Å². The third-order valence-electron chi connectivity index (χ3n) is 3.84. The van der Waals surface area contributed by atoms with Crippen molar-refractivity contribution in [1.29, 1.82) is 0 Å². The van der Waals surface area contributed by atoms with Crippen LogP contribution >= 0.6 is 23.2 Å². The van der Waals surface area contributed by atoms with Gasteiger partial charge in [0.05, 0.1) is 17.6 Å². The van der Waals surface area contributed by atoms with E-state index in [-0.39, 0.29) is 28.8 Å². The first-order chi connectivity index (χ1) is 12.4. The van der Waals surface area contributed by atoms with E-state index in [1.54, 1.807) is 20.8 Å². The molecule has 10 heteroatoms. The van der Waals surface area contributed by atoms with E-state index < -0.39 is 42.5 Å². The maximum Gasteiger partial charge on any atom is 0.407 e. The standard InChI is InChI=1S/C17H21Cl2F2N3O3/c1-16(2,3)27-15(26)22-8-10-6-7-17(20,21)9-24(10)14(25)13-11(18)4-5-12(19)23-13/h4-5,10H,6-9H2,1-3H3,(H,22,26)/t10-/m1/s1. The van der Waals surface area contributed by atoms with Crippen molar-refractivity contribution in [3.8, 4) is 0 Å². The maximum absolute atomic E-state index is 13.9. The van der Waals surface area contributed by atoms with Crippen LogP contribution < -0.4 is 5.32 Å². The van der Waals surface area contributed by atoms with Crippen LogP contribution in [0.1, 0.15) is 44.1 Å². The Kier molecular flexibility index (Phi) is 6.52. The zero-order chi connectivity index (χ0) is 20.4. The Hall–Kier alpha value is -1.67. The monoisotopic (exact) mass is 423 g/mol. The number of halogens is 4. The molecule has 1 atom stereocenters. The molecule has 0 saturated carbocycles. The number of carbonyl (C=O) groups excluding carboxylic acids is 2. The van der Waals surface area contributed by atoms with E-state index in [4.69, 9.17) is 27.9 Å². The summed E-state index contributed by atoms with van der Waals surface area (Å²) in [6.07, 6.45) is -1.08. The first-order valence-electron chi connectivity index (χ1n) is 8.36. The molecule has 2 heterocycles. The Balaban J connectivity index is 2.16. The first kappa shape index (κ1) is 21.6. The van der Waals surface area contributed by atoms with Crippen molar-refractivity contribution in [3.05, 3.63) is 28.0 Å². The van der Waals surface area contributed by atoms with Crippen molar-refractivity contribution in [2.45, 2.75) is 51.2 Å². The number of rotatable bonds is 3. The van der Waals surface area contributed by atoms with Gasteiger partial charge in [0, 0.05) is 13.0 Å². The number of nitrogens with zero attached hydrogens (tertiary/aromatic N) is 2.